The van der Waals surface area contributed by atoms with E-state index in [-0.39, 0.29) is 17.8 Å². The fourth-order valence-electron chi connectivity index (χ4n) is 4.74. The van der Waals surface area contributed by atoms with Gasteiger partial charge in [0.05, 0.1) is 0 Å². The largest absolute Gasteiger partial charge is 0.316 e. The number of fused-ring (bicyclic) bond motifs is 1. The third-order valence-electron chi connectivity index (χ3n) is 5.75. The molecule has 1 nitrogen and oxygen atoms in total. The summed E-state index contributed by atoms with van der Waals surface area (Å²) in [5, 5.41) is 3.91. The summed E-state index contributed by atoms with van der Waals surface area (Å²) in [5.41, 5.74) is 2.99. The molecule has 1 aliphatic carbocycles. The predicted octanol–water partition coefficient (Wildman–Crippen LogP) is 4.63. The lowest BCUT2D eigenvalue weighted by Gasteiger charge is -2.48. The van der Waals surface area contributed by atoms with Crippen molar-refractivity contribution in [1.29, 1.82) is 0 Å². The summed E-state index contributed by atoms with van der Waals surface area (Å²) in [5.74, 6) is 1.14. The molecule has 0 aromatic heterocycles. The number of hydrogen-bond acceptors (Lipinski definition) is 1. The highest BCUT2D eigenvalue weighted by Gasteiger charge is 2.52. The zero-order valence-corrected chi connectivity index (χ0v) is 14.7. The van der Waals surface area contributed by atoms with Gasteiger partial charge in [0.1, 0.15) is 0 Å². The molecule has 2 aliphatic rings. The number of rotatable bonds is 2. The van der Waals surface area contributed by atoms with Gasteiger partial charge >= 0.3 is 0 Å². The first kappa shape index (κ1) is 16.8. The van der Waals surface area contributed by atoms with Crippen LogP contribution in [0.3, 0.4) is 0 Å². The molecule has 122 valence electrons. The second-order valence-corrected chi connectivity index (χ2v) is 7.25. The van der Waals surface area contributed by atoms with Crippen molar-refractivity contribution >= 4 is 24.0 Å². The molecule has 2 aromatic carbocycles. The summed E-state index contributed by atoms with van der Waals surface area (Å²) in [4.78, 5) is 0. The molecule has 0 radical (unpaired) electrons. The fourth-order valence-corrected chi connectivity index (χ4v) is 5.11. The third kappa shape index (κ3) is 2.69. The van der Waals surface area contributed by atoms with Crippen molar-refractivity contribution in [2.75, 3.05) is 13.1 Å². The van der Waals surface area contributed by atoms with Gasteiger partial charge in [-0.2, -0.15) is 0 Å². The van der Waals surface area contributed by atoms with E-state index < -0.39 is 0 Å². The molecule has 0 amide bonds. The van der Waals surface area contributed by atoms with Crippen molar-refractivity contribution in [2.45, 2.75) is 23.6 Å². The van der Waals surface area contributed by atoms with Crippen LogP contribution in [0.15, 0.2) is 60.7 Å². The van der Waals surface area contributed by atoms with Crippen LogP contribution in [-0.4, -0.2) is 18.5 Å². The minimum Gasteiger partial charge on any atom is -0.316 e. The van der Waals surface area contributed by atoms with Crippen molar-refractivity contribution in [1.82, 2.24) is 5.32 Å². The van der Waals surface area contributed by atoms with Gasteiger partial charge in [-0.3, -0.25) is 0 Å². The van der Waals surface area contributed by atoms with Gasteiger partial charge in [0.2, 0.25) is 0 Å². The Bertz CT molecular complexity index is 589. The normalized spacial score (nSPS) is 28.7. The van der Waals surface area contributed by atoms with Crippen molar-refractivity contribution in [2.24, 2.45) is 11.8 Å². The molecule has 2 aromatic rings. The molecule has 0 unspecified atom stereocenters. The van der Waals surface area contributed by atoms with E-state index in [1.165, 1.54) is 11.1 Å². The Hall–Kier alpha value is -1.02. The van der Waals surface area contributed by atoms with E-state index in [1.54, 1.807) is 0 Å². The average molecular weight is 348 g/mol. The van der Waals surface area contributed by atoms with Crippen molar-refractivity contribution < 1.29 is 0 Å². The van der Waals surface area contributed by atoms with E-state index >= 15 is 0 Å². The second kappa shape index (κ2) is 6.84. The highest BCUT2D eigenvalue weighted by Crippen LogP contribution is 2.53. The maximum atomic E-state index is 6.68. The molecule has 0 spiro atoms. The summed E-state index contributed by atoms with van der Waals surface area (Å²) >= 11 is 6.68. The van der Waals surface area contributed by atoms with Gasteiger partial charge < -0.3 is 5.32 Å². The molecule has 1 heterocycles. The molecule has 1 aliphatic heterocycles. The molecular weight excluding hydrogens is 325 g/mol. The van der Waals surface area contributed by atoms with Crippen LogP contribution in [0, 0.1) is 11.8 Å². The molecule has 23 heavy (non-hydrogen) atoms. The summed E-state index contributed by atoms with van der Waals surface area (Å²) in [6.45, 7) is 2.12. The van der Waals surface area contributed by atoms with Gasteiger partial charge in [-0.25, -0.2) is 0 Å². The topological polar surface area (TPSA) is 12.0 Å². The summed E-state index contributed by atoms with van der Waals surface area (Å²) in [6, 6.07) is 22.1. The lowest BCUT2D eigenvalue weighted by atomic mass is 9.56. The molecule has 2 fully saturated rings. The highest BCUT2D eigenvalue weighted by molar-refractivity contribution is 6.20. The molecule has 3 heteroatoms. The Balaban J connectivity index is 0.00000156. The first-order chi connectivity index (χ1) is 10.8. The van der Waals surface area contributed by atoms with Gasteiger partial charge in [0.25, 0.3) is 0 Å². The maximum Gasteiger partial charge on any atom is 0.0380 e. The van der Waals surface area contributed by atoms with Crippen LogP contribution >= 0.6 is 24.0 Å². The average Bonchev–Trinajstić information content (AvgIpc) is 3.08. The second-order valence-electron chi connectivity index (χ2n) is 6.69. The van der Waals surface area contributed by atoms with E-state index in [0.29, 0.717) is 17.2 Å². The number of alkyl halides is 1. The minimum absolute atomic E-state index is 0. The zero-order chi connectivity index (χ0) is 15.0. The monoisotopic (exact) mass is 347 g/mol. The van der Waals surface area contributed by atoms with Gasteiger partial charge in [-0.05, 0) is 48.9 Å². The standard InChI is InChI=1S/C20H22ClN.ClH/c21-19-11-12-20(15-7-3-1-4-8-15,16-9-5-2-6-10-16)18-14-22-13-17(18)19;/h1-10,17-19,22H,11-14H2;1H/t17-,18+,19-;/m0./s1. The van der Waals surface area contributed by atoms with Crippen LogP contribution in [0.25, 0.3) is 0 Å². The molecule has 4 rings (SSSR count). The van der Waals surface area contributed by atoms with Crippen molar-refractivity contribution in [3.8, 4) is 0 Å². The Morgan fingerprint density at radius 2 is 1.43 bits per heavy atom. The smallest absolute Gasteiger partial charge is 0.0380 e. The van der Waals surface area contributed by atoms with Gasteiger partial charge in [0.15, 0.2) is 0 Å². The number of benzene rings is 2. The molecule has 0 bridgehead atoms. The lowest BCUT2D eigenvalue weighted by molar-refractivity contribution is 0.193. The summed E-state index contributed by atoms with van der Waals surface area (Å²) in [7, 11) is 0. The Morgan fingerprint density at radius 3 is 2.00 bits per heavy atom. The highest BCUT2D eigenvalue weighted by atomic mass is 35.5. The Kier molecular flexibility index (Phi) is 5.01. The lowest BCUT2D eigenvalue weighted by Crippen LogP contribution is -2.47. The Labute approximate surface area is 149 Å². The van der Waals surface area contributed by atoms with Gasteiger partial charge in [-0.1, -0.05) is 60.7 Å². The minimum atomic E-state index is 0. The van der Waals surface area contributed by atoms with E-state index in [9.17, 15) is 0 Å². The van der Waals surface area contributed by atoms with Crippen LogP contribution in [0.5, 0.6) is 0 Å². The van der Waals surface area contributed by atoms with Crippen molar-refractivity contribution in [3.05, 3.63) is 71.8 Å². The van der Waals surface area contributed by atoms with E-state index in [4.69, 9.17) is 11.6 Å². The number of nitrogens with one attached hydrogen (secondary N) is 1. The zero-order valence-electron chi connectivity index (χ0n) is 13.1. The predicted molar refractivity (Wildman–Crippen MR) is 99.6 cm³/mol. The third-order valence-corrected chi connectivity index (χ3v) is 6.29. The van der Waals surface area contributed by atoms with Crippen LogP contribution in [0.2, 0.25) is 0 Å². The fraction of sp³-hybridized carbons (Fsp3) is 0.400. The van der Waals surface area contributed by atoms with E-state index in [2.05, 4.69) is 66.0 Å². The first-order valence-electron chi connectivity index (χ1n) is 8.28. The van der Waals surface area contributed by atoms with E-state index in [0.717, 1.165) is 25.9 Å². The number of halogens is 2. The summed E-state index contributed by atoms with van der Waals surface area (Å²) in [6.07, 6.45) is 2.23. The first-order valence-corrected chi connectivity index (χ1v) is 8.72. The maximum absolute atomic E-state index is 6.68. The molecule has 1 saturated heterocycles. The van der Waals surface area contributed by atoms with Crippen LogP contribution in [0.1, 0.15) is 24.0 Å². The summed E-state index contributed by atoms with van der Waals surface area (Å²) < 4.78 is 0. The van der Waals surface area contributed by atoms with Crippen molar-refractivity contribution in [3.63, 3.8) is 0 Å². The molecule has 1 saturated carbocycles. The Morgan fingerprint density at radius 1 is 0.870 bits per heavy atom. The van der Waals surface area contributed by atoms with Crippen LogP contribution in [-0.2, 0) is 5.41 Å². The molecule has 3 atom stereocenters. The SMILES string of the molecule is Cl.Cl[C@H]1CCC(c2ccccc2)(c2ccccc2)[C@@H]2CNC[C@@H]21. The molecular formula is C20H23Cl2N. The van der Waals surface area contributed by atoms with Crippen LogP contribution < -0.4 is 5.32 Å². The number of hydrogen-bond donors (Lipinski definition) is 1. The molecule has 1 N–H and O–H groups in total. The quantitative estimate of drug-likeness (QED) is 0.780. The van der Waals surface area contributed by atoms with Gasteiger partial charge in [-0.15, -0.1) is 24.0 Å². The van der Waals surface area contributed by atoms with Gasteiger partial charge in [0, 0.05) is 10.8 Å². The van der Waals surface area contributed by atoms with Crippen LogP contribution in [0.4, 0.5) is 0 Å². The van der Waals surface area contributed by atoms with E-state index in [1.807, 2.05) is 0 Å².